The smallest absolute Gasteiger partial charge is 0.357 e. The van der Waals surface area contributed by atoms with E-state index in [-0.39, 0.29) is 35.9 Å². The number of alkyl halides is 3. The lowest BCUT2D eigenvalue weighted by Crippen LogP contribution is -2.38. The minimum absolute atomic E-state index is 0.00727. The average Bonchev–Trinajstić information content (AvgIpc) is 3.06. The molecule has 4 nitrogen and oxygen atoms in total. The molecule has 0 spiro atoms. The Hall–Kier alpha value is -3.87. The van der Waals surface area contributed by atoms with Gasteiger partial charge in [-0.1, -0.05) is 76.2 Å². The van der Waals surface area contributed by atoms with Gasteiger partial charge in [-0.25, -0.2) is 0 Å². The number of carbonyl (C=O) groups is 2. The van der Waals surface area contributed by atoms with Crippen LogP contribution in [0.15, 0.2) is 84.1 Å². The molecule has 1 aliphatic heterocycles. The van der Waals surface area contributed by atoms with E-state index >= 15 is 0 Å². The second-order valence-electron chi connectivity index (χ2n) is 11.6. The first-order valence-electron chi connectivity index (χ1n) is 13.6. The zero-order valence-corrected chi connectivity index (χ0v) is 23.1. The van der Waals surface area contributed by atoms with E-state index in [4.69, 9.17) is 0 Å². The highest BCUT2D eigenvalue weighted by Crippen LogP contribution is 2.48. The molecule has 0 bridgehead atoms. The maximum atomic E-state index is 14.0. The number of Topliss-reactive ketones (excluding diaryl/α,β-unsaturated/α-hetero) is 1. The third kappa shape index (κ3) is 5.17. The van der Waals surface area contributed by atoms with Crippen molar-refractivity contribution in [1.82, 2.24) is 0 Å². The van der Waals surface area contributed by atoms with E-state index in [2.05, 4.69) is 50.4 Å². The van der Waals surface area contributed by atoms with Gasteiger partial charge in [0, 0.05) is 24.1 Å². The summed E-state index contributed by atoms with van der Waals surface area (Å²) in [6.45, 7) is 8.20. The van der Waals surface area contributed by atoms with Crippen molar-refractivity contribution in [2.24, 2.45) is 0 Å². The van der Waals surface area contributed by atoms with Crippen LogP contribution in [0.25, 0.3) is 0 Å². The molecule has 0 saturated heterocycles. The third-order valence-electron chi connectivity index (χ3n) is 7.86. The van der Waals surface area contributed by atoms with Crippen molar-refractivity contribution < 1.29 is 22.8 Å². The number of nitrogens with one attached hydrogen (secondary N) is 1. The van der Waals surface area contributed by atoms with E-state index in [0.29, 0.717) is 34.6 Å². The first-order valence-corrected chi connectivity index (χ1v) is 13.6. The quantitative estimate of drug-likeness (QED) is 0.359. The topological polar surface area (TPSA) is 49.4 Å². The van der Waals surface area contributed by atoms with E-state index in [1.165, 1.54) is 17.7 Å². The standard InChI is InChI=1S/C33H33F3N2O2/c1-5-29(40)38-27-9-7-6-8-25(27)37-26-18-22(20-10-14-23(15-11-20)32(2,3)4)19-28(39)30(26)31(38)21-12-16-24(17-13-21)33(34,35)36/h6-17,22,31,37H,5,18-19H2,1-4H3/t22-,31-/m1/s1. The molecule has 1 aliphatic carbocycles. The van der Waals surface area contributed by atoms with Crippen molar-refractivity contribution in [3.8, 4) is 0 Å². The molecule has 3 aromatic rings. The van der Waals surface area contributed by atoms with E-state index in [1.807, 2.05) is 18.2 Å². The fourth-order valence-corrected chi connectivity index (χ4v) is 5.70. The lowest BCUT2D eigenvalue weighted by Gasteiger charge is -2.35. The van der Waals surface area contributed by atoms with Crippen LogP contribution < -0.4 is 10.2 Å². The van der Waals surface area contributed by atoms with Crippen molar-refractivity contribution in [1.29, 1.82) is 0 Å². The Balaban J connectivity index is 1.64. The molecule has 7 heteroatoms. The van der Waals surface area contributed by atoms with E-state index in [0.717, 1.165) is 17.7 Å². The van der Waals surface area contributed by atoms with Gasteiger partial charge in [0.15, 0.2) is 5.78 Å². The van der Waals surface area contributed by atoms with Gasteiger partial charge in [-0.05, 0) is 58.7 Å². The van der Waals surface area contributed by atoms with Crippen molar-refractivity contribution in [3.63, 3.8) is 0 Å². The van der Waals surface area contributed by atoms with E-state index in [9.17, 15) is 22.8 Å². The van der Waals surface area contributed by atoms with Crippen LogP contribution in [-0.2, 0) is 21.2 Å². The first-order chi connectivity index (χ1) is 18.9. The lowest BCUT2D eigenvalue weighted by molar-refractivity contribution is -0.137. The zero-order valence-electron chi connectivity index (χ0n) is 23.1. The minimum atomic E-state index is -4.49. The number of ketones is 1. The van der Waals surface area contributed by atoms with Gasteiger partial charge in [-0.2, -0.15) is 13.2 Å². The van der Waals surface area contributed by atoms with Crippen LogP contribution in [0.3, 0.4) is 0 Å². The summed E-state index contributed by atoms with van der Waals surface area (Å²) in [6, 6.07) is 19.6. The molecule has 2 aliphatic rings. The van der Waals surface area contributed by atoms with Gasteiger partial charge in [0.2, 0.25) is 5.91 Å². The number of carbonyl (C=O) groups excluding carboxylic acids is 2. The second-order valence-corrected chi connectivity index (χ2v) is 11.6. The third-order valence-corrected chi connectivity index (χ3v) is 7.86. The zero-order chi connectivity index (χ0) is 28.8. The molecule has 0 radical (unpaired) electrons. The molecule has 1 N–H and O–H groups in total. The minimum Gasteiger partial charge on any atom is -0.357 e. The van der Waals surface area contributed by atoms with Gasteiger partial charge < -0.3 is 5.32 Å². The van der Waals surface area contributed by atoms with Gasteiger partial charge in [0.25, 0.3) is 0 Å². The van der Waals surface area contributed by atoms with Crippen molar-refractivity contribution in [2.75, 3.05) is 10.2 Å². The highest BCUT2D eigenvalue weighted by atomic mass is 19.4. The molecular weight excluding hydrogens is 513 g/mol. The number of para-hydroxylation sites is 2. The highest BCUT2D eigenvalue weighted by molar-refractivity contribution is 6.06. The van der Waals surface area contributed by atoms with E-state index in [1.54, 1.807) is 17.9 Å². The van der Waals surface area contributed by atoms with Crippen LogP contribution in [0, 0.1) is 0 Å². The number of anilines is 2. The predicted molar refractivity (Wildman–Crippen MR) is 151 cm³/mol. The summed E-state index contributed by atoms with van der Waals surface area (Å²) in [4.78, 5) is 29.0. The summed E-state index contributed by atoms with van der Waals surface area (Å²) in [6.07, 6.45) is -3.53. The van der Waals surface area contributed by atoms with Crippen molar-refractivity contribution in [3.05, 3.63) is 106 Å². The Labute approximate surface area is 232 Å². The largest absolute Gasteiger partial charge is 0.416 e. The average molecular weight is 547 g/mol. The summed E-state index contributed by atoms with van der Waals surface area (Å²) < 4.78 is 40.1. The van der Waals surface area contributed by atoms with Crippen LogP contribution in [0.4, 0.5) is 24.5 Å². The lowest BCUT2D eigenvalue weighted by atomic mass is 9.77. The Kier molecular flexibility index (Phi) is 7.11. The summed E-state index contributed by atoms with van der Waals surface area (Å²) in [5, 5.41) is 3.46. The molecule has 2 atom stereocenters. The first kappa shape index (κ1) is 27.7. The number of benzene rings is 3. The van der Waals surface area contributed by atoms with Crippen LogP contribution in [0.2, 0.25) is 0 Å². The fraction of sp³-hybridized carbons (Fsp3) is 0.333. The number of fused-ring (bicyclic) bond motifs is 1. The highest BCUT2D eigenvalue weighted by Gasteiger charge is 2.41. The van der Waals surface area contributed by atoms with Gasteiger partial charge in [-0.3, -0.25) is 14.5 Å². The van der Waals surface area contributed by atoms with E-state index < -0.39 is 17.8 Å². The number of hydrogen-bond acceptors (Lipinski definition) is 3. The molecule has 0 aromatic heterocycles. The Morgan fingerprint density at radius 1 is 0.875 bits per heavy atom. The summed E-state index contributed by atoms with van der Waals surface area (Å²) in [5.41, 5.74) is 4.35. The van der Waals surface area contributed by atoms with Crippen LogP contribution in [-0.4, -0.2) is 11.7 Å². The summed E-state index contributed by atoms with van der Waals surface area (Å²) >= 11 is 0. The maximum Gasteiger partial charge on any atom is 0.416 e. The molecule has 40 heavy (non-hydrogen) atoms. The molecular formula is C33H33F3N2O2. The molecule has 5 rings (SSSR count). The number of amides is 1. The number of allylic oxidation sites excluding steroid dienone is 1. The van der Waals surface area contributed by atoms with Gasteiger partial charge in [-0.15, -0.1) is 0 Å². The normalized spacial score (nSPS) is 19.5. The number of halogens is 3. The monoisotopic (exact) mass is 546 g/mol. The Morgan fingerprint density at radius 3 is 2.08 bits per heavy atom. The molecule has 1 heterocycles. The molecule has 0 saturated carbocycles. The molecule has 0 unspecified atom stereocenters. The van der Waals surface area contributed by atoms with Gasteiger partial charge >= 0.3 is 6.18 Å². The number of rotatable bonds is 3. The van der Waals surface area contributed by atoms with Crippen LogP contribution in [0.1, 0.15) is 81.2 Å². The molecule has 3 aromatic carbocycles. The maximum absolute atomic E-state index is 14.0. The summed E-state index contributed by atoms with van der Waals surface area (Å²) in [7, 11) is 0. The SMILES string of the molecule is CCC(=O)N1c2ccccc2NC2=C(C(=O)C[C@H](c3ccc(C(C)(C)C)cc3)C2)[C@H]1c1ccc(C(F)(F)F)cc1. The van der Waals surface area contributed by atoms with Crippen LogP contribution in [0.5, 0.6) is 0 Å². The molecule has 0 fully saturated rings. The molecule has 208 valence electrons. The van der Waals surface area contributed by atoms with Crippen LogP contribution >= 0.6 is 0 Å². The number of nitrogens with zero attached hydrogens (tertiary/aromatic N) is 1. The Morgan fingerprint density at radius 2 is 1.48 bits per heavy atom. The summed E-state index contributed by atoms with van der Waals surface area (Å²) in [5.74, 6) is -0.410. The predicted octanol–water partition coefficient (Wildman–Crippen LogP) is 8.31. The molecule has 1 amide bonds. The second kappa shape index (κ2) is 10.3. The van der Waals surface area contributed by atoms with Crippen molar-refractivity contribution in [2.45, 2.75) is 70.5 Å². The van der Waals surface area contributed by atoms with Crippen molar-refractivity contribution >= 4 is 23.1 Å². The van der Waals surface area contributed by atoms with Gasteiger partial charge in [0.1, 0.15) is 0 Å². The number of hydrogen-bond donors (Lipinski definition) is 1. The van der Waals surface area contributed by atoms with Gasteiger partial charge in [0.05, 0.1) is 23.0 Å². The Bertz CT molecular complexity index is 1470. The fourth-order valence-electron chi connectivity index (χ4n) is 5.70.